The van der Waals surface area contributed by atoms with Gasteiger partial charge in [0.1, 0.15) is 5.75 Å². The Kier molecular flexibility index (Phi) is 14.3. The molecule has 112 valence electrons. The average Bonchev–Trinajstić information content (AvgIpc) is 2.34. The number of benzene rings is 1. The molecule has 0 fully saturated rings. The Morgan fingerprint density at radius 3 is 2.47 bits per heavy atom. The summed E-state index contributed by atoms with van der Waals surface area (Å²) in [7, 11) is 1.68. The highest BCUT2D eigenvalue weighted by atomic mass is 35.5. The van der Waals surface area contributed by atoms with Crippen molar-refractivity contribution in [2.75, 3.05) is 26.7 Å². The maximum Gasteiger partial charge on any atom is 0.123 e. The second-order valence-corrected chi connectivity index (χ2v) is 4.28. The van der Waals surface area contributed by atoms with Gasteiger partial charge in [0.25, 0.3) is 0 Å². The van der Waals surface area contributed by atoms with Gasteiger partial charge in [0.05, 0.1) is 7.11 Å². The van der Waals surface area contributed by atoms with Crippen LogP contribution in [0.3, 0.4) is 0 Å². The van der Waals surface area contributed by atoms with E-state index in [0.29, 0.717) is 0 Å². The maximum atomic E-state index is 5.96. The zero-order valence-corrected chi connectivity index (χ0v) is 13.8. The zero-order valence-electron chi connectivity index (χ0n) is 11.4. The van der Waals surface area contributed by atoms with Gasteiger partial charge in [0.15, 0.2) is 0 Å². The summed E-state index contributed by atoms with van der Waals surface area (Å²) >= 11 is 5.96. The van der Waals surface area contributed by atoms with E-state index < -0.39 is 0 Å². The van der Waals surface area contributed by atoms with Gasteiger partial charge in [-0.1, -0.05) is 18.5 Å². The van der Waals surface area contributed by atoms with Crippen molar-refractivity contribution in [3.8, 4) is 5.75 Å². The number of rotatable bonds is 8. The predicted octanol–water partition coefficient (Wildman–Crippen LogP) is 3.28. The van der Waals surface area contributed by atoms with Crippen molar-refractivity contribution in [2.45, 2.75) is 19.9 Å². The Hall–Kier alpha value is -0.190. The molecule has 0 unspecified atom stereocenters. The van der Waals surface area contributed by atoms with E-state index in [4.69, 9.17) is 16.3 Å². The van der Waals surface area contributed by atoms with E-state index in [0.717, 1.165) is 48.9 Å². The van der Waals surface area contributed by atoms with Gasteiger partial charge in [-0.05, 0) is 44.3 Å². The molecular formula is C13H23Cl3N2O. The van der Waals surface area contributed by atoms with E-state index in [1.165, 1.54) is 0 Å². The maximum absolute atomic E-state index is 5.96. The van der Waals surface area contributed by atoms with Crippen molar-refractivity contribution >= 4 is 36.4 Å². The molecule has 0 radical (unpaired) electrons. The van der Waals surface area contributed by atoms with Crippen molar-refractivity contribution < 1.29 is 4.74 Å². The fourth-order valence-electron chi connectivity index (χ4n) is 1.62. The first-order valence-electron chi connectivity index (χ1n) is 6.01. The lowest BCUT2D eigenvalue weighted by atomic mass is 10.2. The number of hydrogen-bond donors (Lipinski definition) is 2. The number of hydrogen-bond acceptors (Lipinski definition) is 3. The van der Waals surface area contributed by atoms with Crippen LogP contribution in [0.5, 0.6) is 5.75 Å². The Morgan fingerprint density at radius 1 is 1.16 bits per heavy atom. The molecule has 1 aromatic carbocycles. The summed E-state index contributed by atoms with van der Waals surface area (Å²) in [4.78, 5) is 0. The molecule has 6 heteroatoms. The Balaban J connectivity index is 0. The molecule has 1 rings (SSSR count). The van der Waals surface area contributed by atoms with Gasteiger partial charge in [-0.2, -0.15) is 0 Å². The van der Waals surface area contributed by atoms with E-state index in [2.05, 4.69) is 17.6 Å². The molecule has 0 spiro atoms. The first kappa shape index (κ1) is 21.1. The molecule has 2 N–H and O–H groups in total. The largest absolute Gasteiger partial charge is 0.496 e. The fraction of sp³-hybridized carbons (Fsp3) is 0.538. The lowest BCUT2D eigenvalue weighted by Crippen LogP contribution is -2.21. The van der Waals surface area contributed by atoms with Crippen LogP contribution in [0.25, 0.3) is 0 Å². The standard InChI is InChI=1S/C13H21ClN2O.2ClH/c1-3-15-7-4-8-16-10-11-9-12(14)5-6-13(11)17-2;;/h5-6,9,15-16H,3-4,7-8,10H2,1-2H3;2*1H. The molecule has 0 aliphatic carbocycles. The highest BCUT2D eigenvalue weighted by Gasteiger charge is 2.02. The first-order chi connectivity index (χ1) is 8.27. The molecule has 0 amide bonds. The molecule has 0 heterocycles. The van der Waals surface area contributed by atoms with Crippen LogP contribution in [0, 0.1) is 0 Å². The van der Waals surface area contributed by atoms with Crippen LogP contribution in [0.1, 0.15) is 18.9 Å². The molecular weight excluding hydrogens is 307 g/mol. The highest BCUT2D eigenvalue weighted by Crippen LogP contribution is 2.22. The first-order valence-corrected chi connectivity index (χ1v) is 6.39. The van der Waals surface area contributed by atoms with E-state index in [1.807, 2.05) is 18.2 Å². The van der Waals surface area contributed by atoms with Gasteiger partial charge in [0, 0.05) is 17.1 Å². The van der Waals surface area contributed by atoms with Gasteiger partial charge in [-0.15, -0.1) is 24.8 Å². The zero-order chi connectivity index (χ0) is 12.5. The summed E-state index contributed by atoms with van der Waals surface area (Å²) in [6.45, 7) is 5.97. The summed E-state index contributed by atoms with van der Waals surface area (Å²) in [6, 6.07) is 5.69. The van der Waals surface area contributed by atoms with Gasteiger partial charge in [-0.3, -0.25) is 0 Å². The third kappa shape index (κ3) is 8.56. The van der Waals surface area contributed by atoms with Crippen molar-refractivity contribution in [2.24, 2.45) is 0 Å². The predicted molar refractivity (Wildman–Crippen MR) is 87.4 cm³/mol. The molecule has 3 nitrogen and oxygen atoms in total. The second kappa shape index (κ2) is 12.8. The third-order valence-electron chi connectivity index (χ3n) is 2.52. The minimum Gasteiger partial charge on any atom is -0.496 e. The molecule has 1 aromatic rings. The SMILES string of the molecule is CCNCCCNCc1cc(Cl)ccc1OC.Cl.Cl. The molecule has 0 aromatic heterocycles. The second-order valence-electron chi connectivity index (χ2n) is 3.84. The van der Waals surface area contributed by atoms with Gasteiger partial charge in [-0.25, -0.2) is 0 Å². The molecule has 0 atom stereocenters. The molecule has 0 saturated carbocycles. The minimum absolute atomic E-state index is 0. The van der Waals surface area contributed by atoms with Crippen LogP contribution in [0.2, 0.25) is 5.02 Å². The Bertz CT molecular complexity index is 338. The quantitative estimate of drug-likeness (QED) is 0.718. The number of halogens is 3. The summed E-state index contributed by atoms with van der Waals surface area (Å²) in [5.41, 5.74) is 1.10. The normalized spacial score (nSPS) is 9.42. The summed E-state index contributed by atoms with van der Waals surface area (Å²) in [5.74, 6) is 0.883. The summed E-state index contributed by atoms with van der Waals surface area (Å²) < 4.78 is 5.28. The Labute approximate surface area is 133 Å². The molecule has 0 saturated heterocycles. The fourth-order valence-corrected chi connectivity index (χ4v) is 1.82. The van der Waals surface area contributed by atoms with Crippen molar-refractivity contribution in [1.29, 1.82) is 0 Å². The highest BCUT2D eigenvalue weighted by molar-refractivity contribution is 6.30. The van der Waals surface area contributed by atoms with Crippen LogP contribution in [0.15, 0.2) is 18.2 Å². The van der Waals surface area contributed by atoms with Gasteiger partial charge < -0.3 is 15.4 Å². The molecule has 19 heavy (non-hydrogen) atoms. The third-order valence-corrected chi connectivity index (χ3v) is 2.75. The topological polar surface area (TPSA) is 33.3 Å². The number of methoxy groups -OCH3 is 1. The van der Waals surface area contributed by atoms with Crippen molar-refractivity contribution in [3.63, 3.8) is 0 Å². The minimum atomic E-state index is 0. The molecule has 0 aliphatic heterocycles. The average molecular weight is 330 g/mol. The van der Waals surface area contributed by atoms with Gasteiger partial charge >= 0.3 is 0 Å². The van der Waals surface area contributed by atoms with Crippen LogP contribution in [-0.4, -0.2) is 26.7 Å². The number of nitrogens with one attached hydrogen (secondary N) is 2. The monoisotopic (exact) mass is 328 g/mol. The lowest BCUT2D eigenvalue weighted by Gasteiger charge is -2.10. The smallest absolute Gasteiger partial charge is 0.123 e. The van der Waals surface area contributed by atoms with E-state index >= 15 is 0 Å². The van der Waals surface area contributed by atoms with Crippen molar-refractivity contribution in [3.05, 3.63) is 28.8 Å². The van der Waals surface area contributed by atoms with Crippen LogP contribution < -0.4 is 15.4 Å². The number of ether oxygens (including phenoxy) is 1. The van der Waals surface area contributed by atoms with Crippen LogP contribution >= 0.6 is 36.4 Å². The van der Waals surface area contributed by atoms with Crippen LogP contribution in [0.4, 0.5) is 0 Å². The van der Waals surface area contributed by atoms with E-state index in [-0.39, 0.29) is 24.8 Å². The summed E-state index contributed by atoms with van der Waals surface area (Å²) in [6.07, 6.45) is 1.12. The van der Waals surface area contributed by atoms with Crippen molar-refractivity contribution in [1.82, 2.24) is 10.6 Å². The van der Waals surface area contributed by atoms with Gasteiger partial charge in [0.2, 0.25) is 0 Å². The Morgan fingerprint density at radius 2 is 1.84 bits per heavy atom. The van der Waals surface area contributed by atoms with Crippen LogP contribution in [-0.2, 0) is 6.54 Å². The molecule has 0 aliphatic rings. The lowest BCUT2D eigenvalue weighted by molar-refractivity contribution is 0.407. The van der Waals surface area contributed by atoms with E-state index in [1.54, 1.807) is 7.11 Å². The molecule has 0 bridgehead atoms. The van der Waals surface area contributed by atoms with E-state index in [9.17, 15) is 0 Å². The summed E-state index contributed by atoms with van der Waals surface area (Å²) in [5, 5.41) is 7.42.